The van der Waals surface area contributed by atoms with Crippen LogP contribution in [0.15, 0.2) is 28.7 Å². The number of carbonyl (C=O) groups is 3. The third-order valence-electron chi connectivity index (χ3n) is 9.00. The molecular weight excluding hydrogens is 502 g/mol. The lowest BCUT2D eigenvalue weighted by Crippen LogP contribution is -2.56. The quantitative estimate of drug-likeness (QED) is 0.351. The van der Waals surface area contributed by atoms with E-state index in [0.717, 1.165) is 38.5 Å². The summed E-state index contributed by atoms with van der Waals surface area (Å²) in [6, 6.07) is 2.17. The Hall–Kier alpha value is -3.21. The van der Waals surface area contributed by atoms with E-state index < -0.39 is 51.9 Å². The Morgan fingerprint density at radius 2 is 1.82 bits per heavy atom. The van der Waals surface area contributed by atoms with Crippen LogP contribution in [0.3, 0.4) is 0 Å². The van der Waals surface area contributed by atoms with Crippen molar-refractivity contribution in [3.05, 3.63) is 45.4 Å². The Morgan fingerprint density at radius 3 is 2.44 bits per heavy atom. The summed E-state index contributed by atoms with van der Waals surface area (Å²) in [4.78, 5) is 43.4. The zero-order valence-electron chi connectivity index (χ0n) is 22.9. The summed E-state index contributed by atoms with van der Waals surface area (Å²) in [6.07, 6.45) is 2.23. The number of Topliss-reactive ketones (excluding diaryl/α,β-unsaturated/α-hetero) is 3. The molecule has 1 aliphatic heterocycles. The van der Waals surface area contributed by atoms with Crippen LogP contribution in [0.5, 0.6) is 5.75 Å². The molecule has 0 saturated carbocycles. The van der Waals surface area contributed by atoms with Gasteiger partial charge in [0.2, 0.25) is 5.78 Å². The zero-order chi connectivity index (χ0) is 28.4. The van der Waals surface area contributed by atoms with Crippen LogP contribution in [0.25, 0.3) is 0 Å². The SMILES string of the molecule is CC(=O)C1=C(O)C[C@@H]2C[C@@H]3Cc4c(N(C)C)cc(CNC5CCN(C)CC5)c(O)c4C(=O)C3=C(O)[C@]2(O)C1=O. The topological polar surface area (TPSA) is 151 Å². The second kappa shape index (κ2) is 9.76. The number of hydrogen-bond donors (Lipinski definition) is 5. The molecule has 0 aromatic heterocycles. The summed E-state index contributed by atoms with van der Waals surface area (Å²) in [5, 5.41) is 48.1. The van der Waals surface area contributed by atoms with Crippen molar-refractivity contribution in [2.45, 2.75) is 57.2 Å². The Balaban J connectivity index is 1.56. The first-order chi connectivity index (χ1) is 18.4. The molecule has 5 N–H and O–H groups in total. The fraction of sp³-hybridized carbons (Fsp3) is 0.552. The molecule has 0 spiro atoms. The number of rotatable bonds is 5. The Labute approximate surface area is 227 Å². The van der Waals surface area contributed by atoms with Crippen molar-refractivity contribution in [1.29, 1.82) is 0 Å². The van der Waals surface area contributed by atoms with Crippen LogP contribution in [-0.2, 0) is 22.6 Å². The van der Waals surface area contributed by atoms with Gasteiger partial charge in [-0.3, -0.25) is 14.4 Å². The lowest BCUT2D eigenvalue weighted by Gasteiger charge is -2.46. The third-order valence-corrected chi connectivity index (χ3v) is 9.00. The molecule has 1 saturated heterocycles. The standard InChI is InChI=1S/C29H37N3O7/c1-14(33)22-21(34)12-17-9-15-10-19-20(31(2)3)11-16(13-30-18-5-7-32(4)8-6-18)25(35)24(19)26(36)23(15)28(38)29(17,39)27(22)37/h11,15,17-18,30,34-35,38-39H,5-10,12-13H2,1-4H3/t15-,17+,29-/m1/s1. The molecule has 10 nitrogen and oxygen atoms in total. The molecule has 1 fully saturated rings. The van der Waals surface area contributed by atoms with Crippen molar-refractivity contribution in [3.63, 3.8) is 0 Å². The van der Waals surface area contributed by atoms with E-state index in [2.05, 4.69) is 17.3 Å². The van der Waals surface area contributed by atoms with E-state index in [4.69, 9.17) is 0 Å². The molecule has 1 aromatic carbocycles. The number of allylic oxidation sites excluding steroid dienone is 2. The van der Waals surface area contributed by atoms with E-state index in [1.54, 1.807) is 0 Å². The summed E-state index contributed by atoms with van der Waals surface area (Å²) in [7, 11) is 5.81. The number of benzene rings is 1. The second-order valence-corrected chi connectivity index (χ2v) is 11.7. The van der Waals surface area contributed by atoms with E-state index in [1.165, 1.54) is 0 Å². The van der Waals surface area contributed by atoms with Crippen molar-refractivity contribution in [2.75, 3.05) is 39.1 Å². The number of nitrogens with zero attached hydrogens (tertiary/aromatic N) is 2. The smallest absolute Gasteiger partial charge is 0.209 e. The molecule has 210 valence electrons. The van der Waals surface area contributed by atoms with Crippen molar-refractivity contribution >= 4 is 23.0 Å². The maximum Gasteiger partial charge on any atom is 0.209 e. The Morgan fingerprint density at radius 1 is 1.15 bits per heavy atom. The first-order valence-electron chi connectivity index (χ1n) is 13.5. The fourth-order valence-corrected chi connectivity index (χ4v) is 6.83. The Bertz CT molecular complexity index is 1320. The van der Waals surface area contributed by atoms with E-state index in [1.807, 2.05) is 25.1 Å². The predicted molar refractivity (Wildman–Crippen MR) is 144 cm³/mol. The number of nitrogens with one attached hydrogen (secondary N) is 1. The average molecular weight is 540 g/mol. The number of aromatic hydroxyl groups is 1. The van der Waals surface area contributed by atoms with Gasteiger partial charge in [0.05, 0.1) is 5.56 Å². The summed E-state index contributed by atoms with van der Waals surface area (Å²) in [5.41, 5.74) is -1.12. The van der Waals surface area contributed by atoms with Crippen LogP contribution in [-0.4, -0.2) is 88.6 Å². The van der Waals surface area contributed by atoms with Crippen molar-refractivity contribution in [2.24, 2.45) is 11.8 Å². The van der Waals surface area contributed by atoms with Crippen molar-refractivity contribution < 1.29 is 34.8 Å². The molecule has 4 aliphatic rings. The molecule has 39 heavy (non-hydrogen) atoms. The van der Waals surface area contributed by atoms with E-state index in [-0.39, 0.29) is 35.8 Å². The number of aliphatic hydroxyl groups is 3. The van der Waals surface area contributed by atoms with Crippen LogP contribution in [0.1, 0.15) is 54.1 Å². The molecule has 10 heteroatoms. The lowest BCUT2D eigenvalue weighted by molar-refractivity contribution is -0.144. The van der Waals surface area contributed by atoms with Gasteiger partial charge in [-0.05, 0) is 70.3 Å². The number of hydrogen-bond acceptors (Lipinski definition) is 10. The molecule has 0 radical (unpaired) electrons. The highest BCUT2D eigenvalue weighted by molar-refractivity contribution is 6.25. The largest absolute Gasteiger partial charge is 0.511 e. The van der Waals surface area contributed by atoms with Crippen LogP contribution < -0.4 is 10.2 Å². The molecule has 3 atom stereocenters. The summed E-state index contributed by atoms with van der Waals surface area (Å²) in [6.45, 7) is 3.41. The number of phenols is 1. The highest BCUT2D eigenvalue weighted by atomic mass is 16.3. The molecule has 1 heterocycles. The van der Waals surface area contributed by atoms with Gasteiger partial charge >= 0.3 is 0 Å². The number of fused-ring (bicyclic) bond motifs is 3. The minimum Gasteiger partial charge on any atom is -0.511 e. The molecule has 0 unspecified atom stereocenters. The molecular formula is C29H37N3O7. The number of ketones is 3. The number of anilines is 1. The van der Waals surface area contributed by atoms with Gasteiger partial charge in [-0.1, -0.05) is 0 Å². The summed E-state index contributed by atoms with van der Waals surface area (Å²) < 4.78 is 0. The van der Waals surface area contributed by atoms with Crippen LogP contribution in [0.2, 0.25) is 0 Å². The number of phenolic OH excluding ortho intramolecular Hbond substituents is 1. The first-order valence-corrected chi connectivity index (χ1v) is 13.5. The monoisotopic (exact) mass is 539 g/mol. The minimum atomic E-state index is -2.49. The van der Waals surface area contributed by atoms with Crippen molar-refractivity contribution in [1.82, 2.24) is 10.2 Å². The van der Waals surface area contributed by atoms with Gasteiger partial charge in [0, 0.05) is 55.8 Å². The van der Waals surface area contributed by atoms with Gasteiger partial charge in [0.1, 0.15) is 22.8 Å². The first kappa shape index (κ1) is 27.4. The number of likely N-dealkylation sites (tertiary alicyclic amines) is 1. The van der Waals surface area contributed by atoms with Gasteiger partial charge in [-0.2, -0.15) is 0 Å². The molecule has 3 aliphatic carbocycles. The van der Waals surface area contributed by atoms with Crippen LogP contribution in [0, 0.1) is 11.8 Å². The van der Waals surface area contributed by atoms with Gasteiger partial charge in [0.15, 0.2) is 17.2 Å². The molecule has 0 amide bonds. The van der Waals surface area contributed by atoms with E-state index in [0.29, 0.717) is 24.1 Å². The van der Waals surface area contributed by atoms with Gasteiger partial charge in [0.25, 0.3) is 0 Å². The number of piperidine rings is 1. The minimum absolute atomic E-state index is 0.0645. The van der Waals surface area contributed by atoms with Crippen molar-refractivity contribution in [3.8, 4) is 5.75 Å². The fourth-order valence-electron chi connectivity index (χ4n) is 6.83. The van der Waals surface area contributed by atoms with Gasteiger partial charge in [-0.15, -0.1) is 0 Å². The van der Waals surface area contributed by atoms with Crippen LogP contribution >= 0.6 is 0 Å². The summed E-state index contributed by atoms with van der Waals surface area (Å²) >= 11 is 0. The zero-order valence-corrected chi connectivity index (χ0v) is 22.9. The summed E-state index contributed by atoms with van der Waals surface area (Å²) in [5.74, 6) is -5.25. The third kappa shape index (κ3) is 4.25. The normalized spacial score (nSPS) is 27.8. The molecule has 5 rings (SSSR count). The van der Waals surface area contributed by atoms with E-state index >= 15 is 0 Å². The Kier molecular flexibility index (Phi) is 6.85. The number of aliphatic hydroxyl groups excluding tert-OH is 2. The maximum atomic E-state index is 14.0. The van der Waals surface area contributed by atoms with E-state index in [9.17, 15) is 34.8 Å². The lowest BCUT2D eigenvalue weighted by atomic mass is 9.60. The molecule has 1 aromatic rings. The van der Waals surface area contributed by atoms with Crippen LogP contribution in [0.4, 0.5) is 5.69 Å². The second-order valence-electron chi connectivity index (χ2n) is 11.7. The highest BCUT2D eigenvalue weighted by Gasteiger charge is 2.59. The van der Waals surface area contributed by atoms with Gasteiger partial charge < -0.3 is 35.5 Å². The maximum absolute atomic E-state index is 14.0. The average Bonchev–Trinajstić information content (AvgIpc) is 2.86. The molecule has 0 bridgehead atoms. The van der Waals surface area contributed by atoms with Gasteiger partial charge in [-0.25, -0.2) is 0 Å². The number of carbonyl (C=O) groups excluding carboxylic acids is 3. The predicted octanol–water partition coefficient (Wildman–Crippen LogP) is 1.93. The highest BCUT2D eigenvalue weighted by Crippen LogP contribution is 2.52.